The fraction of sp³-hybridized carbons (Fsp3) is 0.529. The number of rotatable bonds is 15. The van der Waals surface area contributed by atoms with E-state index in [9.17, 15) is 32.1 Å². The first-order chi connectivity index (χ1) is 23.7. The van der Waals surface area contributed by atoms with E-state index in [1.165, 1.54) is 43.3 Å². The lowest BCUT2D eigenvalue weighted by Crippen LogP contribution is -2.56. The molecule has 0 bridgehead atoms. The highest BCUT2D eigenvalue weighted by atomic mass is 35.5. The Hall–Kier alpha value is -3.82. The molecule has 1 aliphatic heterocycles. The van der Waals surface area contributed by atoms with E-state index >= 15 is 8.78 Å². The number of alkyl carbamates (subject to hydrolysis) is 1. The minimum atomic E-state index is -5.14. The third kappa shape index (κ3) is 10.6. The van der Waals surface area contributed by atoms with Crippen molar-refractivity contribution in [3.05, 3.63) is 70.7 Å². The van der Waals surface area contributed by atoms with E-state index in [0.29, 0.717) is 12.8 Å². The zero-order valence-electron chi connectivity index (χ0n) is 27.5. The maximum Gasteiger partial charge on any atom is 0.408 e. The molecule has 0 aromatic heterocycles. The summed E-state index contributed by atoms with van der Waals surface area (Å²) >= 11 is 5.99. The zero-order chi connectivity index (χ0) is 36.5. The summed E-state index contributed by atoms with van der Waals surface area (Å²) in [5.41, 5.74) is -2.82. The van der Waals surface area contributed by atoms with Gasteiger partial charge in [0.2, 0.25) is 17.3 Å². The second kappa shape index (κ2) is 17.4. The summed E-state index contributed by atoms with van der Waals surface area (Å²) in [5.74, 6) is -6.99. The minimum Gasteiger partial charge on any atom is -0.441 e. The van der Waals surface area contributed by atoms with Crippen molar-refractivity contribution in [1.82, 2.24) is 16.0 Å². The normalized spacial score (nSPS) is 19.4. The van der Waals surface area contributed by atoms with Gasteiger partial charge in [0.1, 0.15) is 6.04 Å². The Morgan fingerprint density at radius 2 is 1.70 bits per heavy atom. The maximum absolute atomic E-state index is 16.0. The molecule has 1 unspecified atom stereocenters. The van der Waals surface area contributed by atoms with E-state index in [1.54, 1.807) is 6.07 Å². The van der Waals surface area contributed by atoms with Crippen LogP contribution in [0, 0.1) is 11.8 Å². The van der Waals surface area contributed by atoms with Gasteiger partial charge in [0.25, 0.3) is 0 Å². The number of esters is 1. The molecule has 1 aliphatic carbocycles. The first-order valence-corrected chi connectivity index (χ1v) is 18.5. The van der Waals surface area contributed by atoms with Crippen LogP contribution in [0.1, 0.15) is 81.9 Å². The molecule has 16 heteroatoms. The van der Waals surface area contributed by atoms with Gasteiger partial charge in [-0.05, 0) is 42.9 Å². The summed E-state index contributed by atoms with van der Waals surface area (Å²) in [7, 11) is -5.14. The highest BCUT2D eigenvalue weighted by molar-refractivity contribution is 7.86. The number of benzene rings is 2. The lowest BCUT2D eigenvalue weighted by atomic mass is 9.84. The molecule has 4 N–H and O–H groups in total. The lowest BCUT2D eigenvalue weighted by molar-refractivity contribution is -0.147. The van der Waals surface area contributed by atoms with Crippen molar-refractivity contribution in [2.24, 2.45) is 11.8 Å². The summed E-state index contributed by atoms with van der Waals surface area (Å²) in [5, 5.41) is 7.53. The van der Waals surface area contributed by atoms with Crippen LogP contribution in [0.3, 0.4) is 0 Å². The van der Waals surface area contributed by atoms with Crippen LogP contribution in [0.25, 0.3) is 0 Å². The van der Waals surface area contributed by atoms with Crippen molar-refractivity contribution in [2.45, 2.75) is 94.3 Å². The number of hydrogen-bond acceptors (Lipinski definition) is 8. The molecule has 4 rings (SSSR count). The second-order valence-electron chi connectivity index (χ2n) is 12.6. The molecule has 2 fully saturated rings. The van der Waals surface area contributed by atoms with Gasteiger partial charge in [-0.1, -0.05) is 93.1 Å². The van der Waals surface area contributed by atoms with E-state index in [1.807, 2.05) is 0 Å². The number of carbonyl (C=O) groups excluding carboxylic acids is 4. The molecular formula is C34H42ClF2N3O9S. The first-order valence-electron chi connectivity index (χ1n) is 16.6. The molecule has 274 valence electrons. The number of alkyl halides is 2. The molecular weight excluding hydrogens is 700 g/mol. The zero-order valence-corrected chi connectivity index (χ0v) is 29.1. The van der Waals surface area contributed by atoms with Crippen molar-refractivity contribution < 1.29 is 50.4 Å². The van der Waals surface area contributed by atoms with E-state index in [2.05, 4.69) is 16.0 Å². The van der Waals surface area contributed by atoms with E-state index < -0.39 is 75.0 Å². The number of ether oxygens (including phenoxy) is 2. The van der Waals surface area contributed by atoms with Crippen LogP contribution < -0.4 is 16.0 Å². The standard InChI is InChI=1S/C34H42ClF2N3O9S/c1-2-28(41)48-32(50(45,46)47)27(19-23-16-17-38-30(23)42)39-31(43)26(18-21-10-5-3-6-11-21)40-33(44)49-29(22-12-7-4-8-13-22)34(36,37)24-14-9-15-25(35)20-24/h4,7-9,12-15,20-21,23,26-27,29,32H,2-3,5-6,10-11,16-19H2,1H3,(H,38,42)(H,39,43)(H,40,44)(H,45,46,47)/t23-,26-,27-,29-,32?/m0/s1. The largest absolute Gasteiger partial charge is 0.441 e. The summed E-state index contributed by atoms with van der Waals surface area (Å²) in [6, 6.07) is 9.24. The van der Waals surface area contributed by atoms with Crippen molar-refractivity contribution in [3.63, 3.8) is 0 Å². The molecule has 1 heterocycles. The minimum absolute atomic E-state index is 0.0375. The Morgan fingerprint density at radius 1 is 1.00 bits per heavy atom. The van der Waals surface area contributed by atoms with Crippen molar-refractivity contribution >= 4 is 45.6 Å². The number of hydrogen-bond donors (Lipinski definition) is 4. The first kappa shape index (κ1) is 39.0. The maximum atomic E-state index is 16.0. The Balaban J connectivity index is 1.63. The predicted molar refractivity (Wildman–Crippen MR) is 179 cm³/mol. The topological polar surface area (TPSA) is 177 Å². The summed E-state index contributed by atoms with van der Waals surface area (Å²) < 4.78 is 77.5. The third-order valence-corrected chi connectivity index (χ3v) is 10.2. The van der Waals surface area contributed by atoms with E-state index in [-0.39, 0.29) is 48.7 Å². The quantitative estimate of drug-likeness (QED) is 0.137. The molecule has 2 aromatic rings. The van der Waals surface area contributed by atoms with Crippen LogP contribution >= 0.6 is 11.6 Å². The van der Waals surface area contributed by atoms with Gasteiger partial charge in [-0.3, -0.25) is 18.9 Å². The fourth-order valence-corrected chi connectivity index (χ4v) is 7.37. The predicted octanol–water partition coefficient (Wildman–Crippen LogP) is 5.42. The highest BCUT2D eigenvalue weighted by Crippen LogP contribution is 2.43. The van der Waals surface area contributed by atoms with Crippen LogP contribution in [-0.2, 0) is 39.9 Å². The molecule has 12 nitrogen and oxygen atoms in total. The van der Waals surface area contributed by atoms with Gasteiger partial charge in [0, 0.05) is 29.5 Å². The molecule has 2 aliphatic rings. The van der Waals surface area contributed by atoms with Crippen LogP contribution in [0.15, 0.2) is 54.6 Å². The Kier molecular flexibility index (Phi) is 13.6. The number of amides is 3. The summed E-state index contributed by atoms with van der Waals surface area (Å²) in [6.45, 7) is 1.69. The van der Waals surface area contributed by atoms with Gasteiger partial charge in [0.15, 0.2) is 6.10 Å². The number of carbonyl (C=O) groups is 4. The molecule has 3 amide bonds. The van der Waals surface area contributed by atoms with Gasteiger partial charge in [-0.2, -0.15) is 17.2 Å². The number of halogens is 3. The van der Waals surface area contributed by atoms with Crippen molar-refractivity contribution in [1.29, 1.82) is 0 Å². The molecule has 2 aromatic carbocycles. The Labute approximate surface area is 294 Å². The molecule has 1 saturated heterocycles. The highest BCUT2D eigenvalue weighted by Gasteiger charge is 2.46. The average molecular weight is 742 g/mol. The Morgan fingerprint density at radius 3 is 2.30 bits per heavy atom. The van der Waals surface area contributed by atoms with Crippen molar-refractivity contribution in [3.8, 4) is 0 Å². The SMILES string of the molecule is CCC(=O)OC([C@H](C[C@@H]1CCNC1=O)NC(=O)[C@H](CC1CCCCC1)NC(=O)O[C@@H](c1ccccc1)C(F)(F)c1cccc(Cl)c1)S(=O)(=O)O. The van der Waals surface area contributed by atoms with E-state index in [0.717, 1.165) is 31.4 Å². The smallest absolute Gasteiger partial charge is 0.408 e. The average Bonchev–Trinajstić information content (AvgIpc) is 3.49. The lowest BCUT2D eigenvalue weighted by Gasteiger charge is -2.32. The van der Waals surface area contributed by atoms with Crippen LogP contribution in [0.2, 0.25) is 5.02 Å². The van der Waals surface area contributed by atoms with Gasteiger partial charge in [0.05, 0.1) is 6.04 Å². The van der Waals surface area contributed by atoms with E-state index in [4.69, 9.17) is 21.1 Å². The molecule has 50 heavy (non-hydrogen) atoms. The van der Waals surface area contributed by atoms with Crippen LogP contribution in [0.4, 0.5) is 13.6 Å². The molecule has 0 radical (unpaired) electrons. The van der Waals surface area contributed by atoms with Gasteiger partial charge in [-0.25, -0.2) is 4.79 Å². The third-order valence-electron chi connectivity index (χ3n) is 8.96. The fourth-order valence-electron chi connectivity index (χ4n) is 6.36. The monoisotopic (exact) mass is 741 g/mol. The van der Waals surface area contributed by atoms with Crippen molar-refractivity contribution in [2.75, 3.05) is 6.54 Å². The molecule has 1 saturated carbocycles. The second-order valence-corrected chi connectivity index (χ2v) is 14.6. The van der Waals surface area contributed by atoms with Gasteiger partial charge in [-0.15, -0.1) is 0 Å². The Bertz CT molecular complexity index is 1610. The number of nitrogens with one attached hydrogen (secondary N) is 3. The summed E-state index contributed by atoms with van der Waals surface area (Å²) in [4.78, 5) is 52.1. The van der Waals surface area contributed by atoms with Crippen LogP contribution in [-0.4, -0.2) is 60.9 Å². The molecule has 5 atom stereocenters. The molecule has 0 spiro atoms. The van der Waals surface area contributed by atoms with Crippen LogP contribution in [0.5, 0.6) is 0 Å². The summed E-state index contributed by atoms with van der Waals surface area (Å²) in [6.07, 6.45) is 0.375. The van der Waals surface area contributed by atoms with Gasteiger partial charge < -0.3 is 25.4 Å². The van der Waals surface area contributed by atoms with Gasteiger partial charge >= 0.3 is 28.1 Å².